The van der Waals surface area contributed by atoms with Gasteiger partial charge in [0.25, 0.3) is 0 Å². The van der Waals surface area contributed by atoms with Crippen LogP contribution in [0.25, 0.3) is 22.0 Å². The van der Waals surface area contributed by atoms with Crippen LogP contribution in [0.2, 0.25) is 15.2 Å². The lowest BCUT2D eigenvalue weighted by Crippen LogP contribution is -2.41. The van der Waals surface area contributed by atoms with E-state index in [4.69, 9.17) is 40.5 Å². The van der Waals surface area contributed by atoms with E-state index in [2.05, 4.69) is 4.98 Å². The van der Waals surface area contributed by atoms with Gasteiger partial charge >= 0.3 is 0 Å². The van der Waals surface area contributed by atoms with Gasteiger partial charge in [-0.15, -0.1) is 0 Å². The van der Waals surface area contributed by atoms with Crippen LogP contribution in [-0.4, -0.2) is 28.2 Å². The van der Waals surface area contributed by atoms with Crippen molar-refractivity contribution in [3.8, 4) is 11.1 Å². The largest absolute Gasteiger partial charge is 0.336 e. The smallest absolute Gasteiger partial charge is 0.237 e. The number of imidazole rings is 1. The topological polar surface area (TPSA) is 82.9 Å². The number of hydrogen-bond donors (Lipinski definition) is 1. The molecule has 5 aromatic rings. The first-order chi connectivity index (χ1) is 17.0. The fourth-order valence-corrected chi connectivity index (χ4v) is 6.50. The zero-order valence-electron chi connectivity index (χ0n) is 19.3. The van der Waals surface area contributed by atoms with E-state index in [1.807, 2.05) is 42.1 Å². The molecule has 0 amide bonds. The molecule has 10 heteroatoms. The van der Waals surface area contributed by atoms with Crippen molar-refractivity contribution in [3.63, 3.8) is 0 Å². The summed E-state index contributed by atoms with van der Waals surface area (Å²) in [7, 11) is -1.86. The third kappa shape index (κ3) is 4.01. The lowest BCUT2D eigenvalue weighted by molar-refractivity contribution is 0.574. The summed E-state index contributed by atoms with van der Waals surface area (Å²) < 4.78 is 28.5. The molecule has 2 N–H and O–H groups in total. The van der Waals surface area contributed by atoms with Gasteiger partial charge in [0.1, 0.15) is 16.5 Å². The van der Waals surface area contributed by atoms with E-state index in [-0.39, 0.29) is 5.15 Å². The molecule has 36 heavy (non-hydrogen) atoms. The van der Waals surface area contributed by atoms with Crippen LogP contribution in [0.3, 0.4) is 0 Å². The maximum absolute atomic E-state index is 12.7. The van der Waals surface area contributed by atoms with Crippen molar-refractivity contribution < 1.29 is 8.42 Å². The van der Waals surface area contributed by atoms with Crippen LogP contribution in [0.15, 0.2) is 79.1 Å². The molecule has 184 valence electrons. The van der Waals surface area contributed by atoms with E-state index in [0.29, 0.717) is 43.5 Å². The van der Waals surface area contributed by atoms with Crippen molar-refractivity contribution in [2.24, 2.45) is 12.8 Å². The molecule has 0 bridgehead atoms. The molecule has 0 aliphatic rings. The van der Waals surface area contributed by atoms with Crippen molar-refractivity contribution in [3.05, 3.63) is 111 Å². The summed E-state index contributed by atoms with van der Waals surface area (Å²) in [5.41, 5.74) is 9.12. The van der Waals surface area contributed by atoms with Crippen LogP contribution in [0.4, 0.5) is 0 Å². The van der Waals surface area contributed by atoms with Crippen LogP contribution < -0.4 is 5.73 Å². The number of fused-ring (bicyclic) bond motifs is 1. The van der Waals surface area contributed by atoms with Crippen LogP contribution in [0, 0.1) is 0 Å². The quantitative estimate of drug-likeness (QED) is 0.284. The highest BCUT2D eigenvalue weighted by atomic mass is 35.5. The second-order valence-electron chi connectivity index (χ2n) is 8.61. The van der Waals surface area contributed by atoms with Gasteiger partial charge in [-0.05, 0) is 53.1 Å². The van der Waals surface area contributed by atoms with Gasteiger partial charge in [0, 0.05) is 40.4 Å². The zero-order valence-corrected chi connectivity index (χ0v) is 22.4. The SMILES string of the molecule is Cn1ccnc1C(N)(c1ccc(Cl)cc1)c1ccc2c(c1)c(-c1cccc(Cl)c1)c(Cl)n2S(C)(=O)=O. The molecule has 0 radical (unpaired) electrons. The minimum atomic E-state index is -3.72. The van der Waals surface area contributed by atoms with Gasteiger partial charge in [0.2, 0.25) is 10.0 Å². The summed E-state index contributed by atoms with van der Waals surface area (Å²) in [6.45, 7) is 0. The fourth-order valence-electron chi connectivity index (χ4n) is 4.60. The molecule has 0 saturated carbocycles. The number of aryl methyl sites for hydroxylation is 1. The van der Waals surface area contributed by atoms with Gasteiger partial charge < -0.3 is 10.3 Å². The number of halogens is 3. The molecule has 3 aromatic carbocycles. The number of hydrogen-bond acceptors (Lipinski definition) is 4. The molecule has 5 rings (SSSR count). The highest BCUT2D eigenvalue weighted by molar-refractivity contribution is 7.89. The Kier molecular flexibility index (Phi) is 6.17. The fraction of sp³-hybridized carbons (Fsp3) is 0.115. The van der Waals surface area contributed by atoms with E-state index in [0.717, 1.165) is 15.8 Å². The van der Waals surface area contributed by atoms with Crippen molar-refractivity contribution >= 4 is 55.7 Å². The molecule has 2 aromatic heterocycles. The number of benzene rings is 3. The Balaban J connectivity index is 1.88. The Morgan fingerprint density at radius 2 is 1.61 bits per heavy atom. The van der Waals surface area contributed by atoms with Crippen molar-refractivity contribution in [1.29, 1.82) is 0 Å². The Morgan fingerprint density at radius 1 is 0.917 bits per heavy atom. The van der Waals surface area contributed by atoms with E-state index in [1.165, 1.54) is 0 Å². The second-order valence-corrected chi connectivity index (χ2v) is 11.7. The minimum Gasteiger partial charge on any atom is -0.336 e. The zero-order chi connectivity index (χ0) is 25.8. The van der Waals surface area contributed by atoms with E-state index >= 15 is 0 Å². The normalized spacial score (nSPS) is 13.7. The Morgan fingerprint density at radius 3 is 2.22 bits per heavy atom. The highest BCUT2D eigenvalue weighted by Crippen LogP contribution is 2.43. The molecule has 0 saturated heterocycles. The van der Waals surface area contributed by atoms with Gasteiger partial charge in [-0.2, -0.15) is 0 Å². The molecule has 1 unspecified atom stereocenters. The molecule has 0 fully saturated rings. The van der Waals surface area contributed by atoms with E-state index < -0.39 is 15.6 Å². The Labute approximate surface area is 223 Å². The first-order valence-electron chi connectivity index (χ1n) is 10.9. The summed E-state index contributed by atoms with van der Waals surface area (Å²) >= 11 is 19.2. The first kappa shape index (κ1) is 24.9. The summed E-state index contributed by atoms with van der Waals surface area (Å²) in [6, 6.07) is 19.7. The van der Waals surface area contributed by atoms with Crippen LogP contribution in [-0.2, 0) is 22.6 Å². The summed E-state index contributed by atoms with van der Waals surface area (Å²) in [4.78, 5) is 4.56. The monoisotopic (exact) mass is 558 g/mol. The molecule has 0 aliphatic carbocycles. The number of nitrogens with zero attached hydrogens (tertiary/aromatic N) is 3. The van der Waals surface area contributed by atoms with E-state index in [1.54, 1.807) is 48.7 Å². The number of aromatic nitrogens is 3. The van der Waals surface area contributed by atoms with Gasteiger partial charge in [-0.3, -0.25) is 0 Å². The standard InChI is InChI=1S/C26H21Cl3N4O2S/c1-32-13-12-31-25(32)26(30,17-6-9-19(27)10-7-17)18-8-11-22-21(15-18)23(16-4-3-5-20(28)14-16)24(29)33(22)36(2,34)35/h3-15H,30H2,1-2H3. The predicted molar refractivity (Wildman–Crippen MR) is 146 cm³/mol. The van der Waals surface area contributed by atoms with Crippen molar-refractivity contribution in [2.75, 3.05) is 6.26 Å². The Hall–Kier alpha value is -2.81. The number of nitrogens with two attached hydrogens (primary N) is 1. The van der Waals surface area contributed by atoms with Gasteiger partial charge in [-0.1, -0.05) is 65.1 Å². The molecule has 0 aliphatic heterocycles. The summed E-state index contributed by atoms with van der Waals surface area (Å²) in [5.74, 6) is 0.599. The van der Waals surface area contributed by atoms with Gasteiger partial charge in [0.15, 0.2) is 0 Å². The summed E-state index contributed by atoms with van der Waals surface area (Å²) in [5, 5.41) is 1.76. The van der Waals surface area contributed by atoms with Crippen molar-refractivity contribution in [2.45, 2.75) is 5.54 Å². The maximum atomic E-state index is 12.7. The maximum Gasteiger partial charge on any atom is 0.237 e. The summed E-state index contributed by atoms with van der Waals surface area (Å²) in [6.07, 6.45) is 4.61. The van der Waals surface area contributed by atoms with Gasteiger partial charge in [0.05, 0.1) is 11.8 Å². The molecule has 1 atom stereocenters. The molecule has 2 heterocycles. The van der Waals surface area contributed by atoms with Crippen LogP contribution in [0.5, 0.6) is 0 Å². The van der Waals surface area contributed by atoms with Gasteiger partial charge in [-0.25, -0.2) is 17.4 Å². The third-order valence-corrected chi connectivity index (χ3v) is 8.23. The third-order valence-electron chi connectivity index (χ3n) is 6.24. The molecule has 0 spiro atoms. The minimum absolute atomic E-state index is 0.0676. The second kappa shape index (κ2) is 8.94. The lowest BCUT2D eigenvalue weighted by atomic mass is 9.82. The Bertz CT molecular complexity index is 1730. The van der Waals surface area contributed by atoms with Crippen LogP contribution in [0.1, 0.15) is 17.0 Å². The average Bonchev–Trinajstić information content (AvgIpc) is 3.38. The molecular weight excluding hydrogens is 539 g/mol. The highest BCUT2D eigenvalue weighted by Gasteiger charge is 2.37. The predicted octanol–water partition coefficient (Wildman–Crippen LogP) is 6.06. The lowest BCUT2D eigenvalue weighted by Gasteiger charge is -2.30. The van der Waals surface area contributed by atoms with Crippen molar-refractivity contribution in [1.82, 2.24) is 13.5 Å². The number of rotatable bonds is 5. The average molecular weight is 560 g/mol. The van der Waals surface area contributed by atoms with E-state index in [9.17, 15) is 8.42 Å². The van der Waals surface area contributed by atoms with Crippen LogP contribution >= 0.6 is 34.8 Å². The molecule has 6 nitrogen and oxygen atoms in total. The molecular formula is C26H21Cl3N4O2S. The first-order valence-corrected chi connectivity index (χ1v) is 13.8.